The Morgan fingerprint density at radius 2 is 2.26 bits per heavy atom. The van der Waals surface area contributed by atoms with E-state index < -0.39 is 0 Å². The molecule has 0 aromatic carbocycles. The van der Waals surface area contributed by atoms with E-state index in [4.69, 9.17) is 17.3 Å². The summed E-state index contributed by atoms with van der Waals surface area (Å²) < 4.78 is 2.17. The van der Waals surface area contributed by atoms with Crippen molar-refractivity contribution in [3.63, 3.8) is 0 Å². The molecule has 6 heteroatoms. The van der Waals surface area contributed by atoms with Crippen molar-refractivity contribution in [3.8, 4) is 11.8 Å². The lowest BCUT2D eigenvalue weighted by atomic mass is 9.84. The third-order valence-electron chi connectivity index (χ3n) is 4.28. The molecule has 1 aliphatic rings. The quantitative estimate of drug-likeness (QED) is 0.542. The summed E-state index contributed by atoms with van der Waals surface area (Å²) in [6.07, 6.45) is 4.71. The minimum absolute atomic E-state index is 0.228. The van der Waals surface area contributed by atoms with Crippen LogP contribution in [0.1, 0.15) is 43.4 Å². The average Bonchev–Trinajstić information content (AvgIpc) is 2.85. The summed E-state index contributed by atoms with van der Waals surface area (Å²) in [4.78, 5) is 5.81. The molecule has 3 nitrogen and oxygen atoms in total. The molecule has 1 aliphatic carbocycles. The van der Waals surface area contributed by atoms with Gasteiger partial charge in [-0.1, -0.05) is 30.4 Å². The molecule has 0 saturated heterocycles. The van der Waals surface area contributed by atoms with Crippen LogP contribution in [0.25, 0.3) is 10.2 Å². The molecule has 2 atom stereocenters. The number of halogens is 2. The Labute approximate surface area is 154 Å². The van der Waals surface area contributed by atoms with Crippen molar-refractivity contribution in [1.82, 2.24) is 4.98 Å². The number of nitrogens with one attached hydrogen (secondary N) is 1. The summed E-state index contributed by atoms with van der Waals surface area (Å²) in [6.45, 7) is 2.43. The number of fused-ring (bicyclic) bond motifs is 1. The van der Waals surface area contributed by atoms with Crippen molar-refractivity contribution in [2.24, 2.45) is 5.73 Å². The molecule has 0 bridgehead atoms. The van der Waals surface area contributed by atoms with Crippen molar-refractivity contribution in [2.75, 3.05) is 11.9 Å². The van der Waals surface area contributed by atoms with Crippen molar-refractivity contribution in [3.05, 3.63) is 20.6 Å². The van der Waals surface area contributed by atoms with Crippen LogP contribution in [0.15, 0.2) is 10.5 Å². The largest absolute Gasteiger partial charge is 0.373 e. The van der Waals surface area contributed by atoms with Gasteiger partial charge in [0.1, 0.15) is 5.15 Å². The highest BCUT2D eigenvalue weighted by Gasteiger charge is 2.28. The number of nitrogens with zero attached hydrogens (tertiary/aromatic N) is 1. The fourth-order valence-electron chi connectivity index (χ4n) is 3.11. The highest BCUT2D eigenvalue weighted by Crippen LogP contribution is 2.46. The van der Waals surface area contributed by atoms with Gasteiger partial charge in [-0.05, 0) is 35.7 Å². The van der Waals surface area contributed by atoms with Gasteiger partial charge in [0.05, 0.1) is 26.9 Å². The third-order valence-corrected chi connectivity index (χ3v) is 6.88. The SMILES string of the molecule is CC#CCNc1cc(Cl)nc2c(Br)c([C@H]3CCCC[C@@H]3N)sc12. The summed E-state index contributed by atoms with van der Waals surface area (Å²) in [7, 11) is 0. The Balaban J connectivity index is 2.05. The summed E-state index contributed by atoms with van der Waals surface area (Å²) >= 11 is 11.7. The molecule has 1 saturated carbocycles. The topological polar surface area (TPSA) is 50.9 Å². The Kier molecular flexibility index (Phi) is 5.48. The first-order valence-electron chi connectivity index (χ1n) is 7.79. The number of hydrogen-bond donors (Lipinski definition) is 2. The molecular weight excluding hydrogens is 394 g/mol. The van der Waals surface area contributed by atoms with Crippen LogP contribution in [-0.4, -0.2) is 17.6 Å². The molecule has 3 rings (SSSR count). The fraction of sp³-hybridized carbons (Fsp3) is 0.471. The van der Waals surface area contributed by atoms with Gasteiger partial charge in [-0.25, -0.2) is 4.98 Å². The fourth-order valence-corrected chi connectivity index (χ4v) is 5.59. The predicted octanol–water partition coefficient (Wildman–Crippen LogP) is 5.13. The van der Waals surface area contributed by atoms with Crippen molar-refractivity contribution in [1.29, 1.82) is 0 Å². The number of nitrogens with two attached hydrogens (primary N) is 1. The van der Waals surface area contributed by atoms with Crippen LogP contribution >= 0.6 is 38.9 Å². The van der Waals surface area contributed by atoms with Crippen LogP contribution in [0.3, 0.4) is 0 Å². The minimum Gasteiger partial charge on any atom is -0.373 e. The number of pyridine rings is 1. The van der Waals surface area contributed by atoms with E-state index in [0.29, 0.717) is 17.6 Å². The highest BCUT2D eigenvalue weighted by molar-refractivity contribution is 9.10. The molecule has 2 heterocycles. The first kappa shape index (κ1) is 17.0. The zero-order valence-corrected chi connectivity index (χ0v) is 16.1. The van der Waals surface area contributed by atoms with Gasteiger partial charge in [-0.3, -0.25) is 0 Å². The summed E-state index contributed by atoms with van der Waals surface area (Å²) in [6, 6.07) is 2.10. The Hall–Kier alpha value is -0.800. The van der Waals surface area contributed by atoms with Gasteiger partial charge in [0, 0.05) is 22.9 Å². The van der Waals surface area contributed by atoms with E-state index in [2.05, 4.69) is 38.1 Å². The van der Waals surface area contributed by atoms with E-state index in [1.807, 2.05) is 13.0 Å². The average molecular weight is 413 g/mol. The lowest BCUT2D eigenvalue weighted by Gasteiger charge is -2.28. The molecule has 0 spiro atoms. The molecule has 0 amide bonds. The van der Waals surface area contributed by atoms with Crippen LogP contribution in [0.4, 0.5) is 5.69 Å². The lowest BCUT2D eigenvalue weighted by Crippen LogP contribution is -2.30. The zero-order valence-electron chi connectivity index (χ0n) is 13.0. The van der Waals surface area contributed by atoms with Crippen molar-refractivity contribution >= 4 is 54.8 Å². The van der Waals surface area contributed by atoms with E-state index in [1.54, 1.807) is 11.3 Å². The molecule has 0 unspecified atom stereocenters. The second kappa shape index (κ2) is 7.40. The number of rotatable bonds is 3. The van der Waals surface area contributed by atoms with Crippen molar-refractivity contribution in [2.45, 2.75) is 44.6 Å². The molecular formula is C17H19BrClN3S. The van der Waals surface area contributed by atoms with Gasteiger partial charge < -0.3 is 11.1 Å². The van der Waals surface area contributed by atoms with Crippen LogP contribution in [-0.2, 0) is 0 Å². The van der Waals surface area contributed by atoms with E-state index in [9.17, 15) is 0 Å². The monoisotopic (exact) mass is 411 g/mol. The second-order valence-corrected chi connectivity index (χ2v) is 8.02. The standard InChI is InChI=1S/C17H19BrClN3S/c1-2-3-8-21-12-9-13(19)22-15-14(18)16(23-17(12)15)10-6-4-5-7-11(10)20/h9-11H,4-8,20H2,1H3,(H,21,22)/t10-,11-/m0/s1. The van der Waals surface area contributed by atoms with Gasteiger partial charge >= 0.3 is 0 Å². The van der Waals surface area contributed by atoms with Crippen molar-refractivity contribution < 1.29 is 0 Å². The predicted molar refractivity (Wildman–Crippen MR) is 103 cm³/mol. The Morgan fingerprint density at radius 3 is 3.00 bits per heavy atom. The summed E-state index contributed by atoms with van der Waals surface area (Å²) in [5.41, 5.74) is 8.28. The van der Waals surface area contributed by atoms with E-state index in [0.717, 1.165) is 33.2 Å². The molecule has 2 aromatic rings. The number of thiophene rings is 1. The van der Waals surface area contributed by atoms with Crippen LogP contribution in [0, 0.1) is 11.8 Å². The van der Waals surface area contributed by atoms with E-state index in [-0.39, 0.29) is 6.04 Å². The highest BCUT2D eigenvalue weighted by atomic mass is 79.9. The summed E-state index contributed by atoms with van der Waals surface area (Å²) in [5.74, 6) is 6.31. The number of hydrogen-bond acceptors (Lipinski definition) is 4. The van der Waals surface area contributed by atoms with Gasteiger partial charge in [-0.15, -0.1) is 17.3 Å². The van der Waals surface area contributed by atoms with E-state index in [1.165, 1.54) is 17.7 Å². The van der Waals surface area contributed by atoms with Crippen LogP contribution < -0.4 is 11.1 Å². The normalized spacial score (nSPS) is 21.0. The first-order valence-corrected chi connectivity index (χ1v) is 9.78. The van der Waals surface area contributed by atoms with Crippen LogP contribution in [0.2, 0.25) is 5.15 Å². The maximum absolute atomic E-state index is 6.37. The Morgan fingerprint density at radius 1 is 1.48 bits per heavy atom. The van der Waals surface area contributed by atoms with Gasteiger partial charge in [0.2, 0.25) is 0 Å². The lowest BCUT2D eigenvalue weighted by molar-refractivity contribution is 0.389. The van der Waals surface area contributed by atoms with E-state index >= 15 is 0 Å². The first-order chi connectivity index (χ1) is 11.1. The molecule has 122 valence electrons. The second-order valence-electron chi connectivity index (χ2n) is 5.79. The molecule has 1 fully saturated rings. The minimum atomic E-state index is 0.228. The zero-order chi connectivity index (χ0) is 16.4. The van der Waals surface area contributed by atoms with Gasteiger partial charge in [0.15, 0.2) is 0 Å². The smallest absolute Gasteiger partial charge is 0.131 e. The molecule has 0 aliphatic heterocycles. The number of aromatic nitrogens is 1. The van der Waals surface area contributed by atoms with Crippen LogP contribution in [0.5, 0.6) is 0 Å². The molecule has 2 aromatic heterocycles. The molecule has 23 heavy (non-hydrogen) atoms. The molecule has 0 radical (unpaired) electrons. The Bertz CT molecular complexity index is 777. The maximum atomic E-state index is 6.37. The third kappa shape index (κ3) is 3.51. The summed E-state index contributed by atoms with van der Waals surface area (Å²) in [5, 5.41) is 3.83. The van der Waals surface area contributed by atoms with Gasteiger partial charge in [-0.2, -0.15) is 0 Å². The maximum Gasteiger partial charge on any atom is 0.131 e. The van der Waals surface area contributed by atoms with Gasteiger partial charge in [0.25, 0.3) is 0 Å². The number of anilines is 1. The molecule has 3 N–H and O–H groups in total.